The zero-order valence-corrected chi connectivity index (χ0v) is 17.2. The molecule has 156 valence electrons. The molecule has 0 aromatic heterocycles. The molecule has 7 nitrogen and oxygen atoms in total. The van der Waals surface area contributed by atoms with Crippen molar-refractivity contribution in [2.75, 3.05) is 45.9 Å². The normalized spacial score (nSPS) is 21.0. The molecule has 2 aromatic carbocycles. The predicted molar refractivity (Wildman–Crippen MR) is 111 cm³/mol. The number of rotatable bonds is 6. The summed E-state index contributed by atoms with van der Waals surface area (Å²) in [6.07, 6.45) is 2.31. The summed E-state index contributed by atoms with van der Waals surface area (Å²) in [4.78, 5) is 14.4. The lowest BCUT2D eigenvalue weighted by atomic mass is 10.1. The van der Waals surface area contributed by atoms with Gasteiger partial charge in [0.15, 0.2) is 0 Å². The van der Waals surface area contributed by atoms with Crippen molar-refractivity contribution < 1.29 is 17.9 Å². The Morgan fingerprint density at radius 1 is 1.07 bits per heavy atom. The quantitative estimate of drug-likeness (QED) is 0.770. The van der Waals surface area contributed by atoms with Gasteiger partial charge in [-0.3, -0.25) is 4.79 Å². The van der Waals surface area contributed by atoms with Gasteiger partial charge in [-0.2, -0.15) is 4.31 Å². The van der Waals surface area contributed by atoms with E-state index in [-0.39, 0.29) is 18.6 Å². The van der Waals surface area contributed by atoms with Crippen molar-refractivity contribution in [3.63, 3.8) is 0 Å². The van der Waals surface area contributed by atoms with Crippen LogP contribution in [0.2, 0.25) is 0 Å². The number of carbonyl (C=O) groups excluding carboxylic acids is 1. The fraction of sp³-hybridized carbons (Fsp3) is 0.476. The van der Waals surface area contributed by atoms with E-state index in [1.165, 1.54) is 4.31 Å². The van der Waals surface area contributed by atoms with Gasteiger partial charge in [0, 0.05) is 39.3 Å². The zero-order chi connectivity index (χ0) is 20.3. The summed E-state index contributed by atoms with van der Waals surface area (Å²) in [5, 5.41) is 5.07. The van der Waals surface area contributed by atoms with Crippen molar-refractivity contribution in [2.45, 2.75) is 23.8 Å². The van der Waals surface area contributed by atoms with E-state index < -0.39 is 10.0 Å². The Balaban J connectivity index is 1.32. The van der Waals surface area contributed by atoms with Gasteiger partial charge in [0.25, 0.3) is 0 Å². The Bertz CT molecular complexity index is 965. The Kier molecular flexibility index (Phi) is 6.15. The second-order valence-corrected chi connectivity index (χ2v) is 9.50. The maximum Gasteiger partial charge on any atom is 0.243 e. The molecule has 2 aliphatic heterocycles. The number of ether oxygens (including phenoxy) is 1. The molecule has 2 saturated heterocycles. The molecule has 2 aromatic rings. The summed E-state index contributed by atoms with van der Waals surface area (Å²) in [7, 11) is -3.57. The topological polar surface area (TPSA) is 79.0 Å². The van der Waals surface area contributed by atoms with E-state index in [1.807, 2.05) is 30.3 Å². The smallest absolute Gasteiger partial charge is 0.243 e. The number of nitrogens with zero attached hydrogens (tertiary/aromatic N) is 2. The van der Waals surface area contributed by atoms with E-state index in [9.17, 15) is 13.2 Å². The molecule has 4 rings (SSSR count). The molecule has 0 spiro atoms. The van der Waals surface area contributed by atoms with Crippen LogP contribution in [0.3, 0.4) is 0 Å². The van der Waals surface area contributed by atoms with Gasteiger partial charge < -0.3 is 15.0 Å². The molecule has 8 heteroatoms. The van der Waals surface area contributed by atoms with Gasteiger partial charge in [0.05, 0.1) is 17.5 Å². The van der Waals surface area contributed by atoms with Gasteiger partial charge in [-0.1, -0.05) is 30.3 Å². The third-order valence-corrected chi connectivity index (χ3v) is 7.52. The molecule has 0 bridgehead atoms. The van der Waals surface area contributed by atoms with E-state index >= 15 is 0 Å². The Hall–Kier alpha value is -2.00. The Morgan fingerprint density at radius 2 is 1.83 bits per heavy atom. The van der Waals surface area contributed by atoms with Crippen molar-refractivity contribution >= 4 is 26.7 Å². The number of sulfonamides is 1. The zero-order valence-electron chi connectivity index (χ0n) is 16.4. The van der Waals surface area contributed by atoms with Crippen molar-refractivity contribution in [2.24, 2.45) is 0 Å². The molecule has 1 atom stereocenters. The maximum absolute atomic E-state index is 13.0. The summed E-state index contributed by atoms with van der Waals surface area (Å²) in [6.45, 7) is 3.19. The highest BCUT2D eigenvalue weighted by molar-refractivity contribution is 7.89. The molecule has 1 amide bonds. The first-order valence-electron chi connectivity index (χ1n) is 10.1. The van der Waals surface area contributed by atoms with Crippen molar-refractivity contribution in [3.8, 4) is 0 Å². The molecule has 0 radical (unpaired) electrons. The fourth-order valence-electron chi connectivity index (χ4n) is 3.91. The van der Waals surface area contributed by atoms with Crippen LogP contribution >= 0.6 is 0 Å². The van der Waals surface area contributed by atoms with Crippen LogP contribution in [0.25, 0.3) is 10.8 Å². The lowest BCUT2D eigenvalue weighted by Crippen LogP contribution is -2.52. The van der Waals surface area contributed by atoms with Crippen LogP contribution < -0.4 is 5.32 Å². The number of fused-ring (bicyclic) bond motifs is 1. The third kappa shape index (κ3) is 4.61. The molecule has 0 saturated carbocycles. The monoisotopic (exact) mass is 417 g/mol. The van der Waals surface area contributed by atoms with Crippen LogP contribution in [0.1, 0.15) is 12.8 Å². The maximum atomic E-state index is 13.0. The molecular weight excluding hydrogens is 390 g/mol. The lowest BCUT2D eigenvalue weighted by molar-refractivity contribution is -0.131. The standard InChI is InChI=1S/C21H27N3O4S/c25-21(16-22-15-19-6-3-13-28-19)23-9-11-24(12-10-23)29(26,27)20-8-7-17-4-1-2-5-18(17)14-20/h1-2,4-5,7-8,14,19,22H,3,6,9-13,15-16H2/t19-/m0/s1. The van der Waals surface area contributed by atoms with E-state index in [0.717, 1.165) is 30.2 Å². The largest absolute Gasteiger partial charge is 0.377 e. The number of carbonyl (C=O) groups is 1. The first kappa shape index (κ1) is 20.3. The van der Waals surface area contributed by atoms with E-state index in [2.05, 4.69) is 5.32 Å². The fourth-order valence-corrected chi connectivity index (χ4v) is 5.37. The molecule has 0 unspecified atom stereocenters. The van der Waals surface area contributed by atoms with Crippen LogP contribution in [-0.2, 0) is 19.6 Å². The molecule has 2 aliphatic rings. The highest BCUT2D eigenvalue weighted by Crippen LogP contribution is 2.22. The van der Waals surface area contributed by atoms with Crippen LogP contribution in [0.4, 0.5) is 0 Å². The number of nitrogens with one attached hydrogen (secondary N) is 1. The lowest BCUT2D eigenvalue weighted by Gasteiger charge is -2.34. The van der Waals surface area contributed by atoms with Gasteiger partial charge in [-0.15, -0.1) is 0 Å². The average Bonchev–Trinajstić information content (AvgIpc) is 3.27. The number of benzene rings is 2. The van der Waals surface area contributed by atoms with Crippen LogP contribution in [0.5, 0.6) is 0 Å². The Labute approximate surface area is 171 Å². The number of hydrogen-bond acceptors (Lipinski definition) is 5. The molecule has 1 N–H and O–H groups in total. The van der Waals surface area contributed by atoms with Crippen molar-refractivity contribution in [1.29, 1.82) is 0 Å². The van der Waals surface area contributed by atoms with Crippen LogP contribution in [-0.4, -0.2) is 75.5 Å². The van der Waals surface area contributed by atoms with Crippen LogP contribution in [0.15, 0.2) is 47.4 Å². The second kappa shape index (κ2) is 8.79. The Morgan fingerprint density at radius 3 is 2.55 bits per heavy atom. The molecule has 29 heavy (non-hydrogen) atoms. The van der Waals surface area contributed by atoms with E-state index in [1.54, 1.807) is 17.0 Å². The van der Waals surface area contributed by atoms with Crippen LogP contribution in [0, 0.1) is 0 Å². The third-order valence-electron chi connectivity index (χ3n) is 5.62. The SMILES string of the molecule is O=C(CNC[C@@H]1CCCO1)N1CCN(S(=O)(=O)c2ccc3ccccc3c2)CC1. The van der Waals surface area contributed by atoms with Gasteiger partial charge in [-0.05, 0) is 35.7 Å². The van der Waals surface area contributed by atoms with E-state index in [4.69, 9.17) is 4.74 Å². The second-order valence-electron chi connectivity index (χ2n) is 7.56. The van der Waals surface area contributed by atoms with Gasteiger partial charge >= 0.3 is 0 Å². The van der Waals surface area contributed by atoms with Crippen molar-refractivity contribution in [1.82, 2.24) is 14.5 Å². The summed E-state index contributed by atoms with van der Waals surface area (Å²) in [5.41, 5.74) is 0. The minimum absolute atomic E-state index is 0.00532. The first-order chi connectivity index (χ1) is 14.0. The van der Waals surface area contributed by atoms with E-state index in [0.29, 0.717) is 37.6 Å². The average molecular weight is 418 g/mol. The van der Waals surface area contributed by atoms with Crippen molar-refractivity contribution in [3.05, 3.63) is 42.5 Å². The minimum Gasteiger partial charge on any atom is -0.377 e. The highest BCUT2D eigenvalue weighted by atomic mass is 32.2. The predicted octanol–water partition coefficient (Wildman–Crippen LogP) is 1.44. The first-order valence-corrected chi connectivity index (χ1v) is 11.6. The van der Waals surface area contributed by atoms with Gasteiger partial charge in [-0.25, -0.2) is 8.42 Å². The molecular formula is C21H27N3O4S. The number of amides is 1. The summed E-state index contributed by atoms with van der Waals surface area (Å²) < 4.78 is 33.1. The van der Waals surface area contributed by atoms with Gasteiger partial charge in [0.2, 0.25) is 15.9 Å². The summed E-state index contributed by atoms with van der Waals surface area (Å²) >= 11 is 0. The number of piperazine rings is 1. The molecule has 0 aliphatic carbocycles. The molecule has 2 heterocycles. The summed E-state index contributed by atoms with van der Waals surface area (Å²) in [6, 6.07) is 12.9. The highest BCUT2D eigenvalue weighted by Gasteiger charge is 2.30. The summed E-state index contributed by atoms with van der Waals surface area (Å²) in [5.74, 6) is 0.00532. The van der Waals surface area contributed by atoms with Gasteiger partial charge in [0.1, 0.15) is 0 Å². The minimum atomic E-state index is -3.57. The number of hydrogen-bond donors (Lipinski definition) is 1. The molecule has 2 fully saturated rings.